The number of aryl methyl sites for hydroxylation is 1. The second kappa shape index (κ2) is 5.46. The number of anilines is 1. The number of H-pyrrole nitrogens is 1. The molecule has 1 aromatic heterocycles. The summed E-state index contributed by atoms with van der Waals surface area (Å²) in [5.74, 6) is 0.930. The third kappa shape index (κ3) is 2.35. The molecule has 1 N–H and O–H groups in total. The summed E-state index contributed by atoms with van der Waals surface area (Å²) >= 11 is 0. The molecule has 0 saturated carbocycles. The van der Waals surface area contributed by atoms with Crippen LogP contribution in [0.5, 0.6) is 0 Å². The highest BCUT2D eigenvalue weighted by Crippen LogP contribution is 2.26. The van der Waals surface area contributed by atoms with Gasteiger partial charge in [-0.15, -0.1) is 0 Å². The molecule has 1 aliphatic rings. The van der Waals surface area contributed by atoms with Crippen LogP contribution >= 0.6 is 0 Å². The number of benzene rings is 2. The number of imidazole rings is 1. The third-order valence-corrected chi connectivity index (χ3v) is 4.21. The maximum atomic E-state index is 5.43. The molecule has 0 amide bonds. The van der Waals surface area contributed by atoms with Gasteiger partial charge in [0.1, 0.15) is 5.82 Å². The number of nitrogens with zero attached hydrogens (tertiary/aromatic N) is 2. The number of aromatic nitrogens is 2. The van der Waals surface area contributed by atoms with Crippen molar-refractivity contribution in [2.45, 2.75) is 6.92 Å². The number of ether oxygens (including phenoxy) is 1. The van der Waals surface area contributed by atoms with E-state index in [0.717, 1.165) is 48.7 Å². The van der Waals surface area contributed by atoms with Crippen LogP contribution in [0.1, 0.15) is 5.56 Å². The average Bonchev–Trinajstić information content (AvgIpc) is 3.02. The fraction of sp³-hybridized carbons (Fsp3) is 0.278. The van der Waals surface area contributed by atoms with Crippen molar-refractivity contribution in [3.8, 4) is 11.4 Å². The number of para-hydroxylation sites is 1. The maximum absolute atomic E-state index is 5.43. The van der Waals surface area contributed by atoms with E-state index in [2.05, 4.69) is 59.3 Å². The number of hydrogen-bond acceptors (Lipinski definition) is 3. The monoisotopic (exact) mass is 293 g/mol. The van der Waals surface area contributed by atoms with Crippen LogP contribution < -0.4 is 4.90 Å². The van der Waals surface area contributed by atoms with E-state index in [9.17, 15) is 0 Å². The van der Waals surface area contributed by atoms with Crippen molar-refractivity contribution in [1.82, 2.24) is 9.97 Å². The Kier molecular flexibility index (Phi) is 3.31. The first kappa shape index (κ1) is 13.3. The zero-order valence-electron chi connectivity index (χ0n) is 12.7. The van der Waals surface area contributed by atoms with Gasteiger partial charge in [0.25, 0.3) is 0 Å². The Labute approximate surface area is 129 Å². The quantitative estimate of drug-likeness (QED) is 0.787. The predicted octanol–water partition coefficient (Wildman–Crippen LogP) is 3.37. The van der Waals surface area contributed by atoms with Gasteiger partial charge in [0, 0.05) is 24.3 Å². The van der Waals surface area contributed by atoms with Crippen molar-refractivity contribution in [2.75, 3.05) is 31.2 Å². The first-order valence-corrected chi connectivity index (χ1v) is 7.70. The topological polar surface area (TPSA) is 41.2 Å². The lowest BCUT2D eigenvalue weighted by Crippen LogP contribution is -2.36. The number of hydrogen-bond donors (Lipinski definition) is 1. The lowest BCUT2D eigenvalue weighted by atomic mass is 10.1. The summed E-state index contributed by atoms with van der Waals surface area (Å²) in [4.78, 5) is 10.6. The standard InChI is InChI=1S/C18H19N3O/c1-13-4-2-7-16-17(13)20-18(19-16)14-5-3-6-15(12-14)21-8-10-22-11-9-21/h2-7,12H,8-11H2,1H3,(H,19,20). The van der Waals surface area contributed by atoms with Crippen LogP contribution in [0.4, 0.5) is 5.69 Å². The number of nitrogens with one attached hydrogen (secondary N) is 1. The molecule has 1 aliphatic heterocycles. The van der Waals surface area contributed by atoms with Crippen molar-refractivity contribution in [2.24, 2.45) is 0 Å². The van der Waals surface area contributed by atoms with Crippen LogP contribution in [-0.4, -0.2) is 36.3 Å². The minimum absolute atomic E-state index is 0.800. The highest BCUT2D eigenvalue weighted by Gasteiger charge is 2.13. The fourth-order valence-corrected chi connectivity index (χ4v) is 2.98. The predicted molar refractivity (Wildman–Crippen MR) is 89.3 cm³/mol. The van der Waals surface area contributed by atoms with Crippen molar-refractivity contribution >= 4 is 16.7 Å². The second-order valence-electron chi connectivity index (χ2n) is 5.71. The molecule has 0 atom stereocenters. The van der Waals surface area contributed by atoms with Crippen molar-refractivity contribution in [1.29, 1.82) is 0 Å². The summed E-state index contributed by atoms with van der Waals surface area (Å²) in [5.41, 5.74) is 5.70. The minimum Gasteiger partial charge on any atom is -0.378 e. The molecular weight excluding hydrogens is 274 g/mol. The summed E-state index contributed by atoms with van der Waals surface area (Å²) in [6.45, 7) is 5.59. The number of fused-ring (bicyclic) bond motifs is 1. The van der Waals surface area contributed by atoms with Crippen molar-refractivity contribution in [3.63, 3.8) is 0 Å². The van der Waals surface area contributed by atoms with Gasteiger partial charge in [-0.1, -0.05) is 24.3 Å². The van der Waals surface area contributed by atoms with E-state index in [1.165, 1.54) is 11.3 Å². The molecule has 0 spiro atoms. The highest BCUT2D eigenvalue weighted by atomic mass is 16.5. The van der Waals surface area contributed by atoms with Gasteiger partial charge in [-0.3, -0.25) is 0 Å². The maximum Gasteiger partial charge on any atom is 0.138 e. The molecule has 4 rings (SSSR count). The Morgan fingerprint density at radius 2 is 1.91 bits per heavy atom. The zero-order chi connectivity index (χ0) is 14.9. The van der Waals surface area contributed by atoms with E-state index in [1.54, 1.807) is 0 Å². The van der Waals surface area contributed by atoms with E-state index in [0.29, 0.717) is 0 Å². The van der Waals surface area contributed by atoms with Crippen LogP contribution in [0.25, 0.3) is 22.4 Å². The molecule has 4 nitrogen and oxygen atoms in total. The van der Waals surface area contributed by atoms with Gasteiger partial charge in [-0.25, -0.2) is 4.98 Å². The molecule has 2 heterocycles. The fourth-order valence-electron chi connectivity index (χ4n) is 2.98. The normalized spacial score (nSPS) is 15.4. The molecule has 0 unspecified atom stereocenters. The Balaban J connectivity index is 1.73. The van der Waals surface area contributed by atoms with E-state index in [4.69, 9.17) is 9.72 Å². The highest BCUT2D eigenvalue weighted by molar-refractivity contribution is 5.82. The van der Waals surface area contributed by atoms with Gasteiger partial charge in [-0.05, 0) is 30.7 Å². The molecule has 1 saturated heterocycles. The average molecular weight is 293 g/mol. The summed E-state index contributed by atoms with van der Waals surface area (Å²) in [6.07, 6.45) is 0. The zero-order valence-corrected chi connectivity index (χ0v) is 12.7. The van der Waals surface area contributed by atoms with E-state index < -0.39 is 0 Å². The molecule has 112 valence electrons. The SMILES string of the molecule is Cc1cccc2[nH]c(-c3cccc(N4CCOCC4)c3)nc12. The molecule has 3 aromatic rings. The molecule has 1 fully saturated rings. The number of aromatic amines is 1. The summed E-state index contributed by atoms with van der Waals surface area (Å²) in [6, 6.07) is 14.8. The van der Waals surface area contributed by atoms with Crippen molar-refractivity contribution < 1.29 is 4.74 Å². The lowest BCUT2D eigenvalue weighted by Gasteiger charge is -2.29. The third-order valence-electron chi connectivity index (χ3n) is 4.21. The molecule has 0 radical (unpaired) electrons. The van der Waals surface area contributed by atoms with Gasteiger partial charge < -0.3 is 14.6 Å². The number of morpholine rings is 1. The molecule has 22 heavy (non-hydrogen) atoms. The molecule has 2 aromatic carbocycles. The lowest BCUT2D eigenvalue weighted by molar-refractivity contribution is 0.122. The molecule has 0 aliphatic carbocycles. The first-order chi connectivity index (χ1) is 10.8. The Bertz CT molecular complexity index is 803. The van der Waals surface area contributed by atoms with E-state index in [1.807, 2.05) is 0 Å². The molecule has 0 bridgehead atoms. The number of rotatable bonds is 2. The molecular formula is C18H19N3O. The second-order valence-corrected chi connectivity index (χ2v) is 5.71. The van der Waals surface area contributed by atoms with Crippen LogP contribution in [0.3, 0.4) is 0 Å². The van der Waals surface area contributed by atoms with Crippen LogP contribution in [0.2, 0.25) is 0 Å². The largest absolute Gasteiger partial charge is 0.378 e. The van der Waals surface area contributed by atoms with E-state index >= 15 is 0 Å². The molecule has 4 heteroatoms. The van der Waals surface area contributed by atoms with Crippen LogP contribution in [-0.2, 0) is 4.74 Å². The van der Waals surface area contributed by atoms with Gasteiger partial charge in [0.2, 0.25) is 0 Å². The van der Waals surface area contributed by atoms with Gasteiger partial charge in [0.05, 0.1) is 24.2 Å². The van der Waals surface area contributed by atoms with E-state index in [-0.39, 0.29) is 0 Å². The van der Waals surface area contributed by atoms with Gasteiger partial charge in [-0.2, -0.15) is 0 Å². The van der Waals surface area contributed by atoms with Gasteiger partial charge in [0.15, 0.2) is 0 Å². The Morgan fingerprint density at radius 1 is 1.09 bits per heavy atom. The Morgan fingerprint density at radius 3 is 2.73 bits per heavy atom. The minimum atomic E-state index is 0.800. The van der Waals surface area contributed by atoms with Crippen LogP contribution in [0, 0.1) is 6.92 Å². The first-order valence-electron chi connectivity index (χ1n) is 7.70. The van der Waals surface area contributed by atoms with Gasteiger partial charge >= 0.3 is 0 Å². The summed E-state index contributed by atoms with van der Waals surface area (Å²) in [7, 11) is 0. The van der Waals surface area contributed by atoms with Crippen LogP contribution in [0.15, 0.2) is 42.5 Å². The van der Waals surface area contributed by atoms with Crippen molar-refractivity contribution in [3.05, 3.63) is 48.0 Å². The Hall–Kier alpha value is -2.33. The smallest absolute Gasteiger partial charge is 0.138 e. The summed E-state index contributed by atoms with van der Waals surface area (Å²) < 4.78 is 5.43. The summed E-state index contributed by atoms with van der Waals surface area (Å²) in [5, 5.41) is 0.